The van der Waals surface area contributed by atoms with E-state index in [4.69, 9.17) is 9.15 Å². The van der Waals surface area contributed by atoms with E-state index in [1.807, 2.05) is 24.3 Å². The second kappa shape index (κ2) is 8.23. The number of rotatable bonds is 6. The van der Waals surface area contributed by atoms with E-state index in [1.54, 1.807) is 49.6 Å². The molecule has 0 unspecified atom stereocenters. The van der Waals surface area contributed by atoms with Gasteiger partial charge in [-0.3, -0.25) is 19.3 Å². The van der Waals surface area contributed by atoms with Gasteiger partial charge in [0.2, 0.25) is 11.8 Å². The normalized spacial score (nSPS) is 12.8. The van der Waals surface area contributed by atoms with Crippen LogP contribution in [0.1, 0.15) is 27.1 Å². The lowest BCUT2D eigenvalue weighted by atomic mass is 10.1. The topological polar surface area (TPSA) is 102 Å². The molecule has 1 aliphatic rings. The molecule has 1 aromatic heterocycles. The summed E-state index contributed by atoms with van der Waals surface area (Å²) in [6, 6.07) is 19.2. The number of hydrogen-bond donors (Lipinski definition) is 1. The predicted molar refractivity (Wildman–Crippen MR) is 121 cm³/mol. The Bertz CT molecular complexity index is 1370. The van der Waals surface area contributed by atoms with Crippen molar-refractivity contribution in [1.29, 1.82) is 0 Å². The SMILES string of the molecule is COc1ccccc1-c1nc2ccc(NC(=O)CCN3C(=O)c4ccccc4C3=O)cc2o1. The minimum atomic E-state index is -0.379. The molecule has 2 heterocycles. The van der Waals surface area contributed by atoms with Crippen LogP contribution in [0, 0.1) is 0 Å². The van der Waals surface area contributed by atoms with Crippen molar-refractivity contribution in [3.05, 3.63) is 77.9 Å². The maximum atomic E-state index is 12.5. The molecule has 5 rings (SSSR count). The lowest BCUT2D eigenvalue weighted by Crippen LogP contribution is -2.32. The maximum Gasteiger partial charge on any atom is 0.261 e. The third-order valence-corrected chi connectivity index (χ3v) is 5.45. The molecule has 0 fully saturated rings. The van der Waals surface area contributed by atoms with E-state index in [0.717, 1.165) is 10.5 Å². The van der Waals surface area contributed by atoms with Crippen molar-refractivity contribution in [2.24, 2.45) is 0 Å². The van der Waals surface area contributed by atoms with E-state index in [2.05, 4.69) is 10.3 Å². The zero-order valence-corrected chi connectivity index (χ0v) is 17.7. The molecule has 0 saturated carbocycles. The van der Waals surface area contributed by atoms with Crippen LogP contribution in [0.25, 0.3) is 22.6 Å². The third-order valence-electron chi connectivity index (χ3n) is 5.45. The van der Waals surface area contributed by atoms with Crippen LogP contribution in [0.3, 0.4) is 0 Å². The summed E-state index contributed by atoms with van der Waals surface area (Å²) in [6.07, 6.45) is -0.0215. The minimum Gasteiger partial charge on any atom is -0.496 e. The molecule has 0 saturated heterocycles. The van der Waals surface area contributed by atoms with Crippen LogP contribution < -0.4 is 10.1 Å². The van der Waals surface area contributed by atoms with Crippen LogP contribution in [0.4, 0.5) is 5.69 Å². The number of carbonyl (C=O) groups excluding carboxylic acids is 3. The van der Waals surface area contributed by atoms with Gasteiger partial charge in [-0.15, -0.1) is 0 Å². The highest BCUT2D eigenvalue weighted by molar-refractivity contribution is 6.21. The number of hydrogen-bond acceptors (Lipinski definition) is 6. The van der Waals surface area contributed by atoms with Crippen LogP contribution in [0.15, 0.2) is 71.1 Å². The van der Waals surface area contributed by atoms with Crippen molar-refractivity contribution in [2.45, 2.75) is 6.42 Å². The summed E-state index contributed by atoms with van der Waals surface area (Å²) in [7, 11) is 1.58. The summed E-state index contributed by atoms with van der Waals surface area (Å²) < 4.78 is 11.3. The summed E-state index contributed by atoms with van der Waals surface area (Å²) >= 11 is 0. The largest absolute Gasteiger partial charge is 0.496 e. The zero-order chi connectivity index (χ0) is 22.9. The van der Waals surface area contributed by atoms with E-state index in [9.17, 15) is 14.4 Å². The number of carbonyl (C=O) groups is 3. The smallest absolute Gasteiger partial charge is 0.261 e. The molecule has 0 spiro atoms. The van der Waals surface area contributed by atoms with Crippen LogP contribution in [-0.4, -0.2) is 41.3 Å². The summed E-state index contributed by atoms with van der Waals surface area (Å²) in [5.74, 6) is -0.0247. The number of benzene rings is 3. The summed E-state index contributed by atoms with van der Waals surface area (Å²) in [5.41, 5.74) is 3.13. The van der Waals surface area contributed by atoms with E-state index < -0.39 is 0 Å². The number of ether oxygens (including phenoxy) is 1. The first-order chi connectivity index (χ1) is 16.0. The van der Waals surface area contributed by atoms with Crippen LogP contribution in [0.2, 0.25) is 0 Å². The van der Waals surface area contributed by atoms with Crippen LogP contribution in [0.5, 0.6) is 5.75 Å². The molecule has 3 aromatic carbocycles. The monoisotopic (exact) mass is 441 g/mol. The third kappa shape index (κ3) is 3.71. The number of nitrogens with one attached hydrogen (secondary N) is 1. The van der Waals surface area contributed by atoms with Crippen molar-refractivity contribution in [3.8, 4) is 17.2 Å². The predicted octanol–water partition coefficient (Wildman–Crippen LogP) is 4.13. The molecular formula is C25H19N3O5. The van der Waals surface area contributed by atoms with Crippen molar-refractivity contribution >= 4 is 34.5 Å². The Kier molecular flexibility index (Phi) is 5.10. The Morgan fingerprint density at radius 2 is 1.64 bits per heavy atom. The maximum absolute atomic E-state index is 12.5. The lowest BCUT2D eigenvalue weighted by Gasteiger charge is -2.13. The number of anilines is 1. The number of oxazole rings is 1. The molecule has 4 aromatic rings. The van der Waals surface area contributed by atoms with Crippen molar-refractivity contribution in [2.75, 3.05) is 19.0 Å². The fourth-order valence-corrected chi connectivity index (χ4v) is 3.82. The van der Waals surface area contributed by atoms with E-state index in [1.165, 1.54) is 0 Å². The minimum absolute atomic E-state index is 0.000676. The van der Waals surface area contributed by atoms with Gasteiger partial charge in [0, 0.05) is 24.7 Å². The van der Waals surface area contributed by atoms with Crippen molar-refractivity contribution in [1.82, 2.24) is 9.88 Å². The van der Waals surface area contributed by atoms with Gasteiger partial charge in [-0.2, -0.15) is 0 Å². The van der Waals surface area contributed by atoms with Gasteiger partial charge in [0.25, 0.3) is 11.8 Å². The second-order valence-corrected chi connectivity index (χ2v) is 7.51. The van der Waals surface area contributed by atoms with E-state index in [-0.39, 0.29) is 30.7 Å². The van der Waals surface area contributed by atoms with Gasteiger partial charge in [0.05, 0.1) is 23.8 Å². The Balaban J connectivity index is 1.27. The lowest BCUT2D eigenvalue weighted by molar-refractivity contribution is -0.116. The Morgan fingerprint density at radius 1 is 0.970 bits per heavy atom. The van der Waals surface area contributed by atoms with Gasteiger partial charge >= 0.3 is 0 Å². The van der Waals surface area contributed by atoms with E-state index in [0.29, 0.717) is 39.6 Å². The molecule has 1 N–H and O–H groups in total. The van der Waals surface area contributed by atoms with Crippen molar-refractivity contribution in [3.63, 3.8) is 0 Å². The molecule has 0 radical (unpaired) electrons. The van der Waals surface area contributed by atoms with Gasteiger partial charge in [0.15, 0.2) is 5.58 Å². The fraction of sp³-hybridized carbons (Fsp3) is 0.120. The summed E-state index contributed by atoms with van der Waals surface area (Å²) in [4.78, 5) is 42.9. The number of fused-ring (bicyclic) bond motifs is 2. The number of aromatic nitrogens is 1. The first-order valence-corrected chi connectivity index (χ1v) is 10.3. The average Bonchev–Trinajstić information content (AvgIpc) is 3.36. The first kappa shape index (κ1) is 20.4. The number of para-hydroxylation sites is 1. The highest BCUT2D eigenvalue weighted by Crippen LogP contribution is 2.32. The Labute approximate surface area is 188 Å². The Hall–Kier alpha value is -4.46. The first-order valence-electron chi connectivity index (χ1n) is 10.3. The number of imide groups is 1. The van der Waals surface area contributed by atoms with Crippen LogP contribution >= 0.6 is 0 Å². The Morgan fingerprint density at radius 3 is 2.33 bits per heavy atom. The molecule has 1 aliphatic heterocycles. The van der Waals surface area contributed by atoms with Gasteiger partial charge in [-0.05, 0) is 36.4 Å². The van der Waals surface area contributed by atoms with Gasteiger partial charge in [-0.1, -0.05) is 24.3 Å². The highest BCUT2D eigenvalue weighted by atomic mass is 16.5. The quantitative estimate of drug-likeness (QED) is 0.452. The second-order valence-electron chi connectivity index (χ2n) is 7.51. The van der Waals surface area contributed by atoms with Crippen molar-refractivity contribution < 1.29 is 23.5 Å². The van der Waals surface area contributed by atoms with Gasteiger partial charge in [0.1, 0.15) is 11.3 Å². The number of amides is 3. The number of nitrogens with zero attached hydrogens (tertiary/aromatic N) is 2. The summed E-state index contributed by atoms with van der Waals surface area (Å²) in [6.45, 7) is 0.000676. The highest BCUT2D eigenvalue weighted by Gasteiger charge is 2.34. The fourth-order valence-electron chi connectivity index (χ4n) is 3.82. The molecule has 164 valence electrons. The average molecular weight is 441 g/mol. The molecule has 8 heteroatoms. The molecule has 33 heavy (non-hydrogen) atoms. The molecular weight excluding hydrogens is 422 g/mol. The number of methoxy groups -OCH3 is 1. The van der Waals surface area contributed by atoms with Crippen LogP contribution in [-0.2, 0) is 4.79 Å². The molecule has 0 atom stereocenters. The molecule has 3 amide bonds. The molecule has 8 nitrogen and oxygen atoms in total. The zero-order valence-electron chi connectivity index (χ0n) is 17.7. The van der Waals surface area contributed by atoms with E-state index >= 15 is 0 Å². The summed E-state index contributed by atoms with van der Waals surface area (Å²) in [5, 5.41) is 2.78. The molecule has 0 aliphatic carbocycles. The van der Waals surface area contributed by atoms with Gasteiger partial charge in [-0.25, -0.2) is 4.98 Å². The van der Waals surface area contributed by atoms with Gasteiger partial charge < -0.3 is 14.5 Å². The standard InChI is InChI=1S/C25H19N3O5/c1-32-20-9-5-4-8-18(20)23-27-19-11-10-15(14-21(19)33-23)26-22(29)12-13-28-24(30)16-6-2-3-7-17(16)25(28)31/h2-11,14H,12-13H2,1H3,(H,26,29). The molecule has 0 bridgehead atoms.